The molecule has 6 heteroatoms. The molecule has 32 heavy (non-hydrogen) atoms. The first-order valence-electron chi connectivity index (χ1n) is 10.6. The van der Waals surface area contributed by atoms with Crippen LogP contribution in [0.4, 0.5) is 5.69 Å². The van der Waals surface area contributed by atoms with Gasteiger partial charge in [0, 0.05) is 31.6 Å². The minimum absolute atomic E-state index is 0.150. The van der Waals surface area contributed by atoms with Crippen LogP contribution in [-0.4, -0.2) is 37.0 Å². The molecule has 1 aromatic heterocycles. The molecule has 5 rings (SSSR count). The number of hydrogen-bond donors (Lipinski definition) is 1. The van der Waals surface area contributed by atoms with Gasteiger partial charge < -0.3 is 15.0 Å². The molecule has 1 atom stereocenters. The van der Waals surface area contributed by atoms with Crippen molar-refractivity contribution in [3.63, 3.8) is 0 Å². The molecule has 0 fully saturated rings. The smallest absolute Gasteiger partial charge is 0.254 e. The zero-order valence-corrected chi connectivity index (χ0v) is 18.0. The van der Waals surface area contributed by atoms with Crippen LogP contribution in [0.2, 0.25) is 0 Å². The summed E-state index contributed by atoms with van der Waals surface area (Å²) in [4.78, 5) is 31.9. The van der Waals surface area contributed by atoms with Crippen molar-refractivity contribution in [2.45, 2.75) is 18.9 Å². The number of rotatable bonds is 4. The predicted octanol–water partition coefficient (Wildman–Crippen LogP) is 3.64. The molecule has 0 spiro atoms. The first-order chi connectivity index (χ1) is 15.5. The Morgan fingerprint density at radius 2 is 1.91 bits per heavy atom. The molecule has 6 nitrogen and oxygen atoms in total. The number of amides is 2. The monoisotopic (exact) mass is 425 g/mol. The highest BCUT2D eigenvalue weighted by Gasteiger charge is 2.32. The van der Waals surface area contributed by atoms with E-state index in [-0.39, 0.29) is 11.8 Å². The summed E-state index contributed by atoms with van der Waals surface area (Å²) in [6.07, 6.45) is 7.37. The molecule has 0 bridgehead atoms. The van der Waals surface area contributed by atoms with E-state index in [1.54, 1.807) is 32.4 Å². The van der Waals surface area contributed by atoms with Crippen LogP contribution in [0, 0.1) is 0 Å². The van der Waals surface area contributed by atoms with E-state index in [2.05, 4.69) is 34.6 Å². The van der Waals surface area contributed by atoms with Crippen molar-refractivity contribution in [3.05, 3.63) is 83.2 Å². The molecule has 2 aliphatic rings. The quantitative estimate of drug-likeness (QED) is 0.693. The number of carbonyl (C=O) groups excluding carboxylic acids is 2. The van der Waals surface area contributed by atoms with Crippen LogP contribution in [0.25, 0.3) is 17.2 Å². The third kappa shape index (κ3) is 3.43. The number of methoxy groups -OCH3 is 1. The van der Waals surface area contributed by atoms with Gasteiger partial charge in [-0.1, -0.05) is 36.4 Å². The van der Waals surface area contributed by atoms with E-state index < -0.39 is 6.04 Å². The molecular weight excluding hydrogens is 402 g/mol. The minimum Gasteiger partial charge on any atom is -0.497 e. The molecule has 1 aliphatic heterocycles. The summed E-state index contributed by atoms with van der Waals surface area (Å²) in [5, 5.41) is 2.89. The molecule has 1 N–H and O–H groups in total. The average molecular weight is 425 g/mol. The lowest BCUT2D eigenvalue weighted by Gasteiger charge is -2.21. The lowest BCUT2D eigenvalue weighted by molar-refractivity contribution is -0.120. The number of likely N-dealkylation sites (N-methyl/N-ethyl adjacent to an activating group) is 1. The maximum Gasteiger partial charge on any atom is 0.254 e. The number of hydrogen-bond acceptors (Lipinski definition) is 4. The molecule has 0 saturated heterocycles. The molecular formula is C26H23N3O3. The van der Waals surface area contributed by atoms with Crippen LogP contribution in [-0.2, 0) is 17.6 Å². The summed E-state index contributed by atoms with van der Waals surface area (Å²) in [5.74, 6) is 0.145. The first kappa shape index (κ1) is 20.0. The summed E-state index contributed by atoms with van der Waals surface area (Å²) in [7, 11) is 3.25. The Balaban J connectivity index is 1.39. The average Bonchev–Trinajstić information content (AvgIpc) is 3.29. The number of carbonyl (C=O) groups is 2. The van der Waals surface area contributed by atoms with Gasteiger partial charge in [-0.3, -0.25) is 14.6 Å². The minimum atomic E-state index is -0.648. The summed E-state index contributed by atoms with van der Waals surface area (Å²) in [6, 6.07) is 14.7. The van der Waals surface area contributed by atoms with E-state index in [0.29, 0.717) is 23.4 Å². The fourth-order valence-corrected chi connectivity index (χ4v) is 4.37. The highest BCUT2D eigenvalue weighted by Crippen LogP contribution is 2.31. The fourth-order valence-electron chi connectivity index (χ4n) is 4.37. The lowest BCUT2D eigenvalue weighted by atomic mass is 9.97. The molecule has 2 amide bonds. The van der Waals surface area contributed by atoms with Gasteiger partial charge in [-0.15, -0.1) is 0 Å². The second-order valence-electron chi connectivity index (χ2n) is 8.03. The number of allylic oxidation sites excluding steroid dienone is 1. The van der Waals surface area contributed by atoms with Gasteiger partial charge in [0.05, 0.1) is 24.1 Å². The number of anilines is 1. The fraction of sp³-hybridized carbons (Fsp3) is 0.192. The normalized spacial score (nSPS) is 16.9. The van der Waals surface area contributed by atoms with Crippen molar-refractivity contribution in [2.24, 2.45) is 0 Å². The number of ether oxygens (including phenoxy) is 1. The van der Waals surface area contributed by atoms with E-state index >= 15 is 0 Å². The zero-order valence-electron chi connectivity index (χ0n) is 18.0. The maximum atomic E-state index is 13.1. The lowest BCUT2D eigenvalue weighted by Crippen LogP contribution is -2.45. The highest BCUT2D eigenvalue weighted by molar-refractivity contribution is 6.11. The van der Waals surface area contributed by atoms with Gasteiger partial charge in [0.2, 0.25) is 5.91 Å². The molecule has 3 aromatic rings. The van der Waals surface area contributed by atoms with E-state index in [1.807, 2.05) is 24.4 Å². The largest absolute Gasteiger partial charge is 0.497 e. The predicted molar refractivity (Wildman–Crippen MR) is 124 cm³/mol. The van der Waals surface area contributed by atoms with Gasteiger partial charge in [0.25, 0.3) is 5.91 Å². The van der Waals surface area contributed by atoms with Gasteiger partial charge in [0.1, 0.15) is 11.8 Å². The number of nitrogens with one attached hydrogen (secondary N) is 1. The second-order valence-corrected chi connectivity index (χ2v) is 8.03. The highest BCUT2D eigenvalue weighted by atomic mass is 16.5. The number of aromatic nitrogens is 1. The Bertz CT molecular complexity index is 1250. The third-order valence-corrected chi connectivity index (χ3v) is 6.12. The van der Waals surface area contributed by atoms with Crippen LogP contribution in [0.5, 0.6) is 5.75 Å². The Kier molecular flexibility index (Phi) is 4.98. The van der Waals surface area contributed by atoms with Crippen LogP contribution < -0.4 is 15.0 Å². The van der Waals surface area contributed by atoms with E-state index in [4.69, 9.17) is 4.74 Å². The Labute approximate surface area is 186 Å². The summed E-state index contributed by atoms with van der Waals surface area (Å²) < 4.78 is 5.24. The number of fused-ring (bicyclic) bond motifs is 2. The van der Waals surface area contributed by atoms with E-state index in [9.17, 15) is 9.59 Å². The van der Waals surface area contributed by atoms with Crippen molar-refractivity contribution in [1.82, 2.24) is 10.3 Å². The summed E-state index contributed by atoms with van der Waals surface area (Å²) in [6.45, 7) is 0. The third-order valence-electron chi connectivity index (χ3n) is 6.12. The molecule has 0 unspecified atom stereocenters. The Hall–Kier alpha value is -3.93. The molecule has 0 saturated carbocycles. The van der Waals surface area contributed by atoms with Gasteiger partial charge in [-0.05, 0) is 41.0 Å². The van der Waals surface area contributed by atoms with Crippen molar-refractivity contribution in [3.8, 4) is 16.9 Å². The Morgan fingerprint density at radius 3 is 2.69 bits per heavy atom. The maximum absolute atomic E-state index is 13.1. The van der Waals surface area contributed by atoms with Crippen molar-refractivity contribution >= 4 is 23.6 Å². The summed E-state index contributed by atoms with van der Waals surface area (Å²) >= 11 is 0. The van der Waals surface area contributed by atoms with Crippen molar-refractivity contribution < 1.29 is 14.3 Å². The van der Waals surface area contributed by atoms with Gasteiger partial charge in [0.15, 0.2) is 0 Å². The number of nitrogens with zero attached hydrogens (tertiary/aromatic N) is 2. The standard InChI is InChI=1S/C26H23N3O3/c1-29-24-11-10-18(32-2)15-21(24)25(30)28-23(26(29)31)14-16-6-8-17(9-7-16)19-12-13-27-22-5-3-4-20(19)22/h3-4,6-13,15,23H,5,14H2,1-2H3,(H,28,30)/t23-/m0/s1. The van der Waals surface area contributed by atoms with Crippen molar-refractivity contribution in [2.75, 3.05) is 19.1 Å². The molecule has 0 radical (unpaired) electrons. The van der Waals surface area contributed by atoms with E-state index in [0.717, 1.165) is 28.8 Å². The first-order valence-corrected chi connectivity index (χ1v) is 10.6. The zero-order chi connectivity index (χ0) is 22.2. The van der Waals surface area contributed by atoms with Crippen LogP contribution in [0.15, 0.2) is 60.8 Å². The van der Waals surface area contributed by atoms with Crippen molar-refractivity contribution in [1.29, 1.82) is 0 Å². The van der Waals surface area contributed by atoms with Gasteiger partial charge in [-0.2, -0.15) is 0 Å². The van der Waals surface area contributed by atoms with Gasteiger partial charge >= 0.3 is 0 Å². The van der Waals surface area contributed by atoms with E-state index in [1.165, 1.54) is 10.5 Å². The SMILES string of the molecule is COc1ccc2c(c1)C(=O)N[C@@H](Cc1ccc(-c3ccnc4c3C=CC4)cc1)C(=O)N2C. The molecule has 160 valence electrons. The van der Waals surface area contributed by atoms with Crippen LogP contribution in [0.3, 0.4) is 0 Å². The number of pyridine rings is 1. The second kappa shape index (κ2) is 7.96. The van der Waals surface area contributed by atoms with Crippen LogP contribution in [0.1, 0.15) is 27.2 Å². The summed E-state index contributed by atoms with van der Waals surface area (Å²) in [5.41, 5.74) is 6.50. The number of benzene rings is 2. The van der Waals surface area contributed by atoms with Gasteiger partial charge in [-0.25, -0.2) is 0 Å². The molecule has 2 aromatic carbocycles. The van der Waals surface area contributed by atoms with Crippen LogP contribution >= 0.6 is 0 Å². The molecule has 1 aliphatic carbocycles. The molecule has 2 heterocycles. The Morgan fingerprint density at radius 1 is 1.09 bits per heavy atom. The topological polar surface area (TPSA) is 71.5 Å².